The molecule has 0 spiro atoms. The lowest BCUT2D eigenvalue weighted by atomic mass is 9.90. The van der Waals surface area contributed by atoms with Crippen LogP contribution in [0, 0.1) is 5.41 Å². The van der Waals surface area contributed by atoms with Gasteiger partial charge in [0.2, 0.25) is 5.91 Å². The normalized spacial score (nSPS) is 12.9. The van der Waals surface area contributed by atoms with Crippen molar-refractivity contribution in [2.45, 2.75) is 43.6 Å². The van der Waals surface area contributed by atoms with Crippen molar-refractivity contribution in [2.75, 3.05) is 72.6 Å². The van der Waals surface area contributed by atoms with Gasteiger partial charge in [-0.25, -0.2) is 4.79 Å². The maximum atomic E-state index is 12.4. The van der Waals surface area contributed by atoms with E-state index in [1.165, 1.54) is 0 Å². The molecule has 0 aromatic heterocycles. The lowest BCUT2D eigenvalue weighted by molar-refractivity contribution is -0.138. The molecule has 15 heteroatoms. The molecule has 0 aromatic carbocycles. The van der Waals surface area contributed by atoms with Crippen LogP contribution in [0.2, 0.25) is 0 Å². The summed E-state index contributed by atoms with van der Waals surface area (Å²) in [5.74, 6) is -0.595. The summed E-state index contributed by atoms with van der Waals surface area (Å²) in [6.07, 6.45) is -1.28. The number of unbranched alkanes of at least 4 members (excludes halogenated alkanes) is 1. The Morgan fingerprint density at radius 3 is 1.50 bits per heavy atom. The summed E-state index contributed by atoms with van der Waals surface area (Å²) in [6.45, 7) is -3.28. The van der Waals surface area contributed by atoms with Crippen LogP contribution in [0.3, 0.4) is 0 Å². The van der Waals surface area contributed by atoms with Crippen molar-refractivity contribution in [3.8, 4) is 0 Å². The first-order valence-electron chi connectivity index (χ1n) is 11.8. The van der Waals surface area contributed by atoms with Crippen molar-refractivity contribution in [1.82, 2.24) is 10.6 Å². The first-order valence-corrected chi connectivity index (χ1v) is 11.8. The second-order valence-corrected chi connectivity index (χ2v) is 8.51. The third kappa shape index (κ3) is 14.8. The summed E-state index contributed by atoms with van der Waals surface area (Å²) in [7, 11) is 0. The van der Waals surface area contributed by atoms with E-state index < -0.39 is 81.3 Å². The molecular weight excluding hydrogens is 484 g/mol. The van der Waals surface area contributed by atoms with Crippen LogP contribution < -0.4 is 22.1 Å². The molecule has 0 rings (SSSR count). The number of ether oxygens (including phenoxy) is 3. The van der Waals surface area contributed by atoms with E-state index in [1.807, 2.05) is 0 Å². The fraction of sp³-hybridized carbons (Fsp3) is 0.905. The third-order valence-corrected chi connectivity index (χ3v) is 5.31. The molecule has 214 valence electrons. The van der Waals surface area contributed by atoms with Gasteiger partial charge in [-0.1, -0.05) is 0 Å². The van der Waals surface area contributed by atoms with E-state index in [9.17, 15) is 40.2 Å². The first-order chi connectivity index (χ1) is 17.2. The molecule has 0 aliphatic heterocycles. The number of hydrogen-bond acceptors (Lipinski definition) is 12. The average molecular weight is 529 g/mol. The number of carbonyl (C=O) groups is 2. The van der Waals surface area contributed by atoms with E-state index in [-0.39, 0.29) is 26.4 Å². The third-order valence-electron chi connectivity index (χ3n) is 5.31. The predicted molar refractivity (Wildman–Crippen MR) is 127 cm³/mol. The van der Waals surface area contributed by atoms with Crippen molar-refractivity contribution < 1.29 is 54.4 Å². The van der Waals surface area contributed by atoms with Gasteiger partial charge >= 0.3 is 6.03 Å². The summed E-state index contributed by atoms with van der Waals surface area (Å²) in [5.41, 5.74) is 9.50. The van der Waals surface area contributed by atoms with Gasteiger partial charge in [0.25, 0.3) is 0 Å². The van der Waals surface area contributed by atoms with Crippen molar-refractivity contribution in [2.24, 2.45) is 16.9 Å². The van der Waals surface area contributed by atoms with Crippen LogP contribution >= 0.6 is 0 Å². The Bertz CT molecular complexity index is 535. The maximum absolute atomic E-state index is 12.4. The van der Waals surface area contributed by atoms with Gasteiger partial charge in [0, 0.05) is 13.1 Å². The fourth-order valence-corrected chi connectivity index (χ4v) is 2.82. The number of aliphatic hydroxyl groups excluding tert-OH is 6. The summed E-state index contributed by atoms with van der Waals surface area (Å²) in [6, 6.07) is -1.29. The van der Waals surface area contributed by atoms with Crippen molar-refractivity contribution in [3.63, 3.8) is 0 Å². The number of hydrogen-bond donors (Lipinski definition) is 10. The van der Waals surface area contributed by atoms with Gasteiger partial charge < -0.3 is 67.0 Å². The molecule has 0 saturated carbocycles. The Labute approximate surface area is 210 Å². The quantitative estimate of drug-likeness (QED) is 0.0562. The average Bonchev–Trinajstić information content (AvgIpc) is 2.88. The molecule has 0 heterocycles. The molecule has 0 unspecified atom stereocenters. The molecule has 12 N–H and O–H groups in total. The largest absolute Gasteiger partial charge is 0.394 e. The summed E-state index contributed by atoms with van der Waals surface area (Å²) >= 11 is 0. The van der Waals surface area contributed by atoms with Gasteiger partial charge in [-0.2, -0.15) is 0 Å². The van der Waals surface area contributed by atoms with E-state index in [2.05, 4.69) is 10.6 Å². The van der Waals surface area contributed by atoms with Crippen molar-refractivity contribution >= 4 is 11.9 Å². The molecule has 0 aliphatic carbocycles. The Hall–Kier alpha value is -1.66. The van der Waals surface area contributed by atoms with Crippen LogP contribution in [0.25, 0.3) is 0 Å². The van der Waals surface area contributed by atoms with E-state index in [4.69, 9.17) is 25.7 Å². The number of amides is 3. The molecule has 0 saturated heterocycles. The number of primary amides is 1. The molecule has 1 atom stereocenters. The zero-order valence-electron chi connectivity index (χ0n) is 20.6. The van der Waals surface area contributed by atoms with E-state index in [0.29, 0.717) is 25.8 Å². The Morgan fingerprint density at radius 1 is 0.722 bits per heavy atom. The first kappa shape index (κ1) is 34.3. The maximum Gasteiger partial charge on any atom is 0.314 e. The molecule has 36 heavy (non-hydrogen) atoms. The van der Waals surface area contributed by atoms with Crippen LogP contribution in [0.15, 0.2) is 0 Å². The second kappa shape index (κ2) is 20.4. The number of rotatable bonds is 23. The molecule has 0 radical (unpaired) electrons. The van der Waals surface area contributed by atoms with Crippen molar-refractivity contribution in [3.05, 3.63) is 0 Å². The van der Waals surface area contributed by atoms with Gasteiger partial charge in [0.05, 0.1) is 70.9 Å². The zero-order chi connectivity index (χ0) is 27.4. The Kier molecular flexibility index (Phi) is 19.5. The highest BCUT2D eigenvalue weighted by atomic mass is 16.5. The zero-order valence-corrected chi connectivity index (χ0v) is 20.6. The van der Waals surface area contributed by atoms with E-state index >= 15 is 0 Å². The number of urea groups is 1. The van der Waals surface area contributed by atoms with Crippen LogP contribution in [0.4, 0.5) is 4.79 Å². The molecule has 0 fully saturated rings. The fourth-order valence-electron chi connectivity index (χ4n) is 2.82. The van der Waals surface area contributed by atoms with Gasteiger partial charge in [-0.3, -0.25) is 4.79 Å². The van der Waals surface area contributed by atoms with Gasteiger partial charge in [-0.15, -0.1) is 0 Å². The number of aliphatic hydroxyl groups is 6. The second-order valence-electron chi connectivity index (χ2n) is 8.51. The molecule has 0 aliphatic rings. The minimum Gasteiger partial charge on any atom is -0.394 e. The van der Waals surface area contributed by atoms with Gasteiger partial charge in [0.1, 0.15) is 18.3 Å². The Morgan fingerprint density at radius 2 is 1.14 bits per heavy atom. The SMILES string of the molecule is NC(=O)[C@H](N)CCCCNC(=O)NCC(COC(CO)CO)(COC(CO)CO)COC(CO)CO. The highest BCUT2D eigenvalue weighted by molar-refractivity contribution is 5.79. The highest BCUT2D eigenvalue weighted by Crippen LogP contribution is 2.22. The number of nitrogens with two attached hydrogens (primary N) is 2. The van der Waals surface area contributed by atoms with Gasteiger partial charge in [0.15, 0.2) is 0 Å². The number of carbonyl (C=O) groups excluding carboxylic acids is 2. The van der Waals surface area contributed by atoms with Crippen LogP contribution in [-0.2, 0) is 19.0 Å². The Balaban J connectivity index is 5.25. The smallest absolute Gasteiger partial charge is 0.314 e. The highest BCUT2D eigenvalue weighted by Gasteiger charge is 2.35. The minimum atomic E-state index is -1.17. The monoisotopic (exact) mass is 528 g/mol. The minimum absolute atomic E-state index is 0.109. The molecular formula is C21H44N4O11. The summed E-state index contributed by atoms with van der Waals surface area (Å²) in [4.78, 5) is 23.3. The standard InChI is InChI=1S/C21H44N4O11/c22-18(19(23)32)3-1-2-4-24-20(33)25-11-21(12-34-15(5-26)6-27,13-35-16(7-28)8-29)14-36-17(9-30)10-31/h15-18,26-31H,1-14,22H2,(H2,23,32)(H2,24,25,33)/t18-/m1/s1. The molecule has 3 amide bonds. The summed E-state index contributed by atoms with van der Waals surface area (Å²) in [5, 5.41) is 61.4. The van der Waals surface area contributed by atoms with Crippen molar-refractivity contribution in [1.29, 1.82) is 0 Å². The van der Waals surface area contributed by atoms with Gasteiger partial charge in [-0.05, 0) is 19.3 Å². The van der Waals surface area contributed by atoms with Crippen LogP contribution in [-0.4, -0.2) is 139 Å². The van der Waals surface area contributed by atoms with E-state index in [1.54, 1.807) is 0 Å². The summed E-state index contributed by atoms with van der Waals surface area (Å²) < 4.78 is 16.7. The number of nitrogens with one attached hydrogen (secondary N) is 2. The van der Waals surface area contributed by atoms with Crippen LogP contribution in [0.1, 0.15) is 19.3 Å². The topological polar surface area (TPSA) is 259 Å². The molecule has 0 aromatic rings. The lowest BCUT2D eigenvalue weighted by Crippen LogP contribution is -2.51. The lowest BCUT2D eigenvalue weighted by Gasteiger charge is -2.36. The van der Waals surface area contributed by atoms with E-state index in [0.717, 1.165) is 0 Å². The molecule has 15 nitrogen and oxygen atoms in total. The van der Waals surface area contributed by atoms with Crippen LogP contribution in [0.5, 0.6) is 0 Å². The molecule has 0 bridgehead atoms. The predicted octanol–water partition coefficient (Wildman–Crippen LogP) is -4.64.